The third-order valence-electron chi connectivity index (χ3n) is 2.73. The first-order valence-electron chi connectivity index (χ1n) is 5.85. The molecule has 0 aliphatic carbocycles. The van der Waals surface area contributed by atoms with Gasteiger partial charge in [0.2, 0.25) is 0 Å². The number of aryl methyl sites for hydroxylation is 1. The van der Waals surface area contributed by atoms with Gasteiger partial charge in [-0.25, -0.2) is 8.78 Å². The Kier molecular flexibility index (Phi) is 3.90. The second-order valence-electron chi connectivity index (χ2n) is 4.27. The lowest BCUT2D eigenvalue weighted by Gasteiger charge is -2.07. The van der Waals surface area contributed by atoms with Crippen LogP contribution in [0.5, 0.6) is 0 Å². The molecular weight excluding hydrogens is 248 g/mol. The van der Waals surface area contributed by atoms with Gasteiger partial charge in [0.15, 0.2) is 0 Å². The van der Waals surface area contributed by atoms with E-state index in [4.69, 9.17) is 0 Å². The molecule has 98 valence electrons. The van der Waals surface area contributed by atoms with Crippen molar-refractivity contribution in [3.63, 3.8) is 0 Å². The molecule has 2 rings (SSSR count). The molecule has 0 aromatic heterocycles. The molecule has 2 aromatic rings. The van der Waals surface area contributed by atoms with Crippen molar-refractivity contribution in [1.29, 1.82) is 0 Å². The summed E-state index contributed by atoms with van der Waals surface area (Å²) in [6.45, 7) is 2.16. The zero-order chi connectivity index (χ0) is 13.8. The quantitative estimate of drug-likeness (QED) is 0.903. The van der Waals surface area contributed by atoms with E-state index in [1.54, 1.807) is 0 Å². The highest BCUT2D eigenvalue weighted by molar-refractivity contribution is 5.94. The number of rotatable bonds is 3. The molecule has 0 radical (unpaired) electrons. The van der Waals surface area contributed by atoms with Crippen LogP contribution in [0, 0.1) is 18.6 Å². The first kappa shape index (κ1) is 13.2. The zero-order valence-corrected chi connectivity index (χ0v) is 10.4. The van der Waals surface area contributed by atoms with Crippen LogP contribution < -0.4 is 5.32 Å². The van der Waals surface area contributed by atoms with E-state index in [1.165, 1.54) is 6.07 Å². The summed E-state index contributed by atoms with van der Waals surface area (Å²) in [7, 11) is 0. The van der Waals surface area contributed by atoms with Crippen molar-refractivity contribution in [2.75, 3.05) is 0 Å². The van der Waals surface area contributed by atoms with E-state index >= 15 is 0 Å². The van der Waals surface area contributed by atoms with Gasteiger partial charge in [0.25, 0.3) is 5.91 Å². The summed E-state index contributed by atoms with van der Waals surface area (Å²) in [6.07, 6.45) is 0. The molecule has 2 aromatic carbocycles. The molecule has 0 spiro atoms. The maximum absolute atomic E-state index is 13.4. The first-order chi connectivity index (χ1) is 9.08. The molecule has 0 atom stereocenters. The fourth-order valence-electron chi connectivity index (χ4n) is 1.81. The number of nitrogens with one attached hydrogen (secondary N) is 1. The van der Waals surface area contributed by atoms with Crippen molar-refractivity contribution in [2.24, 2.45) is 0 Å². The van der Waals surface area contributed by atoms with Crippen LogP contribution in [0.25, 0.3) is 0 Å². The Hall–Kier alpha value is -2.23. The minimum atomic E-state index is -0.859. The molecule has 0 saturated carbocycles. The second kappa shape index (κ2) is 5.61. The monoisotopic (exact) mass is 261 g/mol. The predicted molar refractivity (Wildman–Crippen MR) is 68.7 cm³/mol. The topological polar surface area (TPSA) is 29.1 Å². The van der Waals surface area contributed by atoms with Crippen LogP contribution in [-0.2, 0) is 6.54 Å². The number of hydrogen-bond acceptors (Lipinski definition) is 1. The van der Waals surface area contributed by atoms with Crippen molar-refractivity contribution in [2.45, 2.75) is 13.5 Å². The van der Waals surface area contributed by atoms with Crippen LogP contribution in [0.3, 0.4) is 0 Å². The van der Waals surface area contributed by atoms with Gasteiger partial charge in [-0.2, -0.15) is 0 Å². The highest BCUT2D eigenvalue weighted by Gasteiger charge is 2.16. The second-order valence-corrected chi connectivity index (χ2v) is 4.27. The summed E-state index contributed by atoms with van der Waals surface area (Å²) in [5.74, 6) is -2.47. The molecule has 0 bridgehead atoms. The number of hydrogen-bond donors (Lipinski definition) is 1. The van der Waals surface area contributed by atoms with E-state index in [1.807, 2.05) is 31.2 Å². The van der Waals surface area contributed by atoms with Gasteiger partial charge in [0.1, 0.15) is 17.2 Å². The summed E-state index contributed by atoms with van der Waals surface area (Å²) in [5, 5.41) is 2.51. The van der Waals surface area contributed by atoms with Crippen LogP contribution in [0.2, 0.25) is 0 Å². The van der Waals surface area contributed by atoms with E-state index in [-0.39, 0.29) is 6.54 Å². The number of carbonyl (C=O) groups excluding carboxylic acids is 1. The van der Waals surface area contributed by atoms with Crippen molar-refractivity contribution in [1.82, 2.24) is 5.32 Å². The fraction of sp³-hybridized carbons (Fsp3) is 0.133. The summed E-state index contributed by atoms with van der Waals surface area (Å²) in [5.41, 5.74) is 1.39. The number of halogens is 2. The number of amides is 1. The average molecular weight is 261 g/mol. The van der Waals surface area contributed by atoms with E-state index in [0.717, 1.165) is 23.3 Å². The predicted octanol–water partition coefficient (Wildman–Crippen LogP) is 3.20. The van der Waals surface area contributed by atoms with Crippen molar-refractivity contribution in [3.8, 4) is 0 Å². The Morgan fingerprint density at radius 1 is 1.11 bits per heavy atom. The molecule has 0 unspecified atom stereocenters. The van der Waals surface area contributed by atoms with Gasteiger partial charge in [-0.1, -0.05) is 35.9 Å². The Morgan fingerprint density at radius 3 is 2.37 bits per heavy atom. The molecule has 0 heterocycles. The van der Waals surface area contributed by atoms with E-state index in [9.17, 15) is 13.6 Å². The van der Waals surface area contributed by atoms with Gasteiger partial charge < -0.3 is 5.32 Å². The maximum Gasteiger partial charge on any atom is 0.257 e. The molecule has 0 aliphatic heterocycles. The Bertz CT molecular complexity index is 591. The smallest absolute Gasteiger partial charge is 0.257 e. The molecule has 2 nitrogen and oxygen atoms in total. The van der Waals surface area contributed by atoms with Gasteiger partial charge in [-0.15, -0.1) is 0 Å². The minimum absolute atomic E-state index is 0.230. The number of benzene rings is 2. The standard InChI is InChI=1S/C15H13F2NO/c1-10-4-2-5-11(8-10)9-18-15(19)14-12(16)6-3-7-13(14)17/h2-8H,9H2,1H3,(H,18,19). The minimum Gasteiger partial charge on any atom is -0.348 e. The summed E-state index contributed by atoms with van der Waals surface area (Å²) in [4.78, 5) is 11.8. The third-order valence-corrected chi connectivity index (χ3v) is 2.73. The fourth-order valence-corrected chi connectivity index (χ4v) is 1.81. The molecule has 0 aliphatic rings. The summed E-state index contributed by atoms with van der Waals surface area (Å²) < 4.78 is 26.8. The van der Waals surface area contributed by atoms with E-state index in [0.29, 0.717) is 0 Å². The van der Waals surface area contributed by atoms with Gasteiger partial charge in [0.05, 0.1) is 0 Å². The summed E-state index contributed by atoms with van der Waals surface area (Å²) >= 11 is 0. The molecule has 0 fully saturated rings. The van der Waals surface area contributed by atoms with Crippen LogP contribution in [-0.4, -0.2) is 5.91 Å². The van der Waals surface area contributed by atoms with E-state index in [2.05, 4.69) is 5.32 Å². The maximum atomic E-state index is 13.4. The largest absolute Gasteiger partial charge is 0.348 e. The third kappa shape index (κ3) is 3.16. The van der Waals surface area contributed by atoms with Crippen LogP contribution in [0.15, 0.2) is 42.5 Å². The highest BCUT2D eigenvalue weighted by atomic mass is 19.1. The molecule has 4 heteroatoms. The molecular formula is C15H13F2NO. The molecule has 19 heavy (non-hydrogen) atoms. The lowest BCUT2D eigenvalue weighted by Crippen LogP contribution is -2.25. The van der Waals surface area contributed by atoms with Crippen molar-refractivity contribution >= 4 is 5.91 Å². The van der Waals surface area contributed by atoms with Crippen LogP contribution in [0.4, 0.5) is 8.78 Å². The summed E-state index contributed by atoms with van der Waals surface area (Å²) in [6, 6.07) is 10.9. The Balaban J connectivity index is 2.10. The van der Waals surface area contributed by atoms with Crippen molar-refractivity contribution in [3.05, 3.63) is 70.8 Å². The normalized spacial score (nSPS) is 10.3. The first-order valence-corrected chi connectivity index (χ1v) is 5.85. The van der Waals surface area contributed by atoms with Crippen LogP contribution >= 0.6 is 0 Å². The molecule has 1 N–H and O–H groups in total. The Morgan fingerprint density at radius 2 is 1.74 bits per heavy atom. The number of carbonyl (C=O) groups is 1. The van der Waals surface area contributed by atoms with Crippen molar-refractivity contribution < 1.29 is 13.6 Å². The van der Waals surface area contributed by atoms with Gasteiger partial charge in [0, 0.05) is 6.54 Å². The SMILES string of the molecule is Cc1cccc(CNC(=O)c2c(F)cccc2F)c1. The average Bonchev–Trinajstić information content (AvgIpc) is 2.36. The van der Waals surface area contributed by atoms with Crippen LogP contribution in [0.1, 0.15) is 21.5 Å². The zero-order valence-electron chi connectivity index (χ0n) is 10.4. The highest BCUT2D eigenvalue weighted by Crippen LogP contribution is 2.12. The molecule has 1 amide bonds. The lowest BCUT2D eigenvalue weighted by molar-refractivity contribution is 0.0942. The molecule has 0 saturated heterocycles. The Labute approximate surface area is 110 Å². The van der Waals surface area contributed by atoms with Gasteiger partial charge >= 0.3 is 0 Å². The van der Waals surface area contributed by atoms with Gasteiger partial charge in [-0.3, -0.25) is 4.79 Å². The van der Waals surface area contributed by atoms with Gasteiger partial charge in [-0.05, 0) is 24.6 Å². The lowest BCUT2D eigenvalue weighted by atomic mass is 10.1. The van der Waals surface area contributed by atoms with E-state index < -0.39 is 23.1 Å².